The number of aromatic carboxylic acids is 1. The number of carbonyl (C=O) groups excluding carboxylic acids is 1. The first-order valence-corrected chi connectivity index (χ1v) is 10.3. The number of rotatable bonds is 5. The van der Waals surface area contributed by atoms with E-state index in [9.17, 15) is 38.5 Å². The second-order valence-corrected chi connectivity index (χ2v) is 7.98. The molecule has 3 rings (SSSR count). The van der Waals surface area contributed by atoms with Crippen LogP contribution in [-0.2, 0) is 20.7 Å². The first-order chi connectivity index (χ1) is 15.0. The van der Waals surface area contributed by atoms with Crippen molar-refractivity contribution in [3.63, 3.8) is 0 Å². The van der Waals surface area contributed by atoms with E-state index in [-0.39, 0.29) is 38.3 Å². The van der Waals surface area contributed by atoms with Crippen molar-refractivity contribution < 1.29 is 38.5 Å². The molecule has 0 amide bonds. The van der Waals surface area contributed by atoms with Crippen molar-refractivity contribution >= 4 is 34.4 Å². The lowest BCUT2D eigenvalue weighted by molar-refractivity contribution is -0.134. The van der Waals surface area contributed by atoms with E-state index < -0.39 is 45.7 Å². The molecule has 0 fully saturated rings. The second kappa shape index (κ2) is 8.74. The topological polar surface area (TPSA) is 152 Å². The third-order valence-electron chi connectivity index (χ3n) is 4.95. The van der Waals surface area contributed by atoms with Gasteiger partial charge in [-0.1, -0.05) is 18.2 Å². The van der Waals surface area contributed by atoms with Gasteiger partial charge in [-0.25, -0.2) is 9.59 Å². The summed E-state index contributed by atoms with van der Waals surface area (Å²) >= 11 is -2.67. The lowest BCUT2D eigenvalue weighted by Crippen LogP contribution is -2.17. The van der Waals surface area contributed by atoms with E-state index in [0.717, 1.165) is 6.08 Å². The Morgan fingerprint density at radius 1 is 0.969 bits per heavy atom. The summed E-state index contributed by atoms with van der Waals surface area (Å²) in [4.78, 5) is 35.4. The molecule has 0 heterocycles. The van der Waals surface area contributed by atoms with Crippen LogP contribution in [0.3, 0.4) is 0 Å². The highest BCUT2D eigenvalue weighted by Gasteiger charge is 2.26. The van der Waals surface area contributed by atoms with Crippen LogP contribution in [0, 0.1) is 6.92 Å². The van der Waals surface area contributed by atoms with Crippen LogP contribution < -0.4 is 0 Å². The van der Waals surface area contributed by atoms with Gasteiger partial charge in [0.2, 0.25) is 0 Å². The van der Waals surface area contributed by atoms with Crippen molar-refractivity contribution in [3.8, 4) is 5.75 Å². The van der Waals surface area contributed by atoms with Gasteiger partial charge in [-0.3, -0.25) is 9.00 Å². The molecule has 0 bridgehead atoms. The number of carboxylic acids is 2. The number of ketones is 1. The number of aryl methyl sites for hydroxylation is 1. The minimum Gasteiger partial charge on any atom is -0.768 e. The average Bonchev–Trinajstić information content (AvgIpc) is 2.72. The third-order valence-corrected chi connectivity index (χ3v) is 5.66. The number of phenols is 1. The first kappa shape index (κ1) is 22.9. The van der Waals surface area contributed by atoms with E-state index in [1.165, 1.54) is 50.3 Å². The van der Waals surface area contributed by atoms with Crippen molar-refractivity contribution in [2.24, 2.45) is 0 Å². The van der Waals surface area contributed by atoms with Crippen LogP contribution in [0.5, 0.6) is 5.75 Å². The van der Waals surface area contributed by atoms with E-state index in [1.54, 1.807) is 6.07 Å². The van der Waals surface area contributed by atoms with Gasteiger partial charge >= 0.3 is 11.9 Å². The Bertz CT molecular complexity index is 1300. The van der Waals surface area contributed by atoms with Crippen molar-refractivity contribution in [2.45, 2.75) is 18.7 Å². The van der Waals surface area contributed by atoms with Crippen molar-refractivity contribution in [1.82, 2.24) is 0 Å². The number of aromatic hydroxyl groups is 1. The Balaban J connectivity index is 2.50. The fourth-order valence-electron chi connectivity index (χ4n) is 3.46. The van der Waals surface area contributed by atoms with Crippen molar-refractivity contribution in [3.05, 3.63) is 87.5 Å². The molecule has 1 aliphatic rings. The number of Topliss-reactive ketones (excluding diaryl/α,β-unsaturated/α-hetero) is 1. The van der Waals surface area contributed by atoms with Gasteiger partial charge in [0.05, 0.1) is 0 Å². The summed E-state index contributed by atoms with van der Waals surface area (Å²) in [6.45, 7) is 2.91. The highest BCUT2D eigenvalue weighted by molar-refractivity contribution is 7.79. The minimum atomic E-state index is -2.67. The molecule has 0 aromatic heterocycles. The Morgan fingerprint density at radius 2 is 1.62 bits per heavy atom. The number of carbonyl (C=O) groups is 3. The maximum Gasteiger partial charge on any atom is 0.339 e. The van der Waals surface area contributed by atoms with Crippen LogP contribution in [0.15, 0.2) is 70.2 Å². The summed E-state index contributed by atoms with van der Waals surface area (Å²) in [6.07, 6.45) is 2.54. The van der Waals surface area contributed by atoms with Gasteiger partial charge in [0.1, 0.15) is 16.9 Å². The lowest BCUT2D eigenvalue weighted by atomic mass is 9.85. The zero-order valence-electron chi connectivity index (χ0n) is 16.9. The Hall–Kier alpha value is -3.82. The van der Waals surface area contributed by atoms with Gasteiger partial charge in [0.25, 0.3) is 0 Å². The summed E-state index contributed by atoms with van der Waals surface area (Å²) < 4.78 is 23.8. The predicted molar refractivity (Wildman–Crippen MR) is 114 cm³/mol. The first-order valence-electron chi connectivity index (χ1n) is 9.21. The van der Waals surface area contributed by atoms with E-state index in [4.69, 9.17) is 0 Å². The molecular formula is C23H17O8S-. The Kier molecular flexibility index (Phi) is 6.24. The number of carboxylic acid groups (broad SMARTS) is 2. The zero-order valence-corrected chi connectivity index (χ0v) is 17.7. The van der Waals surface area contributed by atoms with Gasteiger partial charge in [0, 0.05) is 4.90 Å². The zero-order chi connectivity index (χ0) is 23.7. The number of allylic oxidation sites excluding steroid dienone is 4. The van der Waals surface area contributed by atoms with Crippen LogP contribution >= 0.6 is 0 Å². The minimum absolute atomic E-state index is 0.106. The van der Waals surface area contributed by atoms with Crippen LogP contribution in [-0.4, -0.2) is 41.8 Å². The number of hydrogen-bond donors (Lipinski definition) is 3. The number of benzene rings is 2. The molecule has 1 unspecified atom stereocenters. The Morgan fingerprint density at radius 3 is 2.22 bits per heavy atom. The molecule has 9 heteroatoms. The van der Waals surface area contributed by atoms with E-state index in [1.807, 2.05) is 0 Å². The molecule has 0 saturated heterocycles. The molecule has 1 atom stereocenters. The standard InChI is InChI=1S/C23H18O8S/c1-11-7-13(9-16(20(11)24)22(26)27)19(15-5-3-4-6-18(15)32(30)31)14-8-12(2)21(25)17(10-14)23(28)29/h3-10,24H,1-2H3,(H,26,27)(H,28,29)(H,30,31)/p-1/b19-14+. The smallest absolute Gasteiger partial charge is 0.339 e. The largest absolute Gasteiger partial charge is 0.768 e. The molecule has 1 aliphatic carbocycles. The summed E-state index contributed by atoms with van der Waals surface area (Å²) in [7, 11) is 0. The molecule has 0 spiro atoms. The molecule has 3 N–H and O–H groups in total. The molecule has 0 saturated carbocycles. The Labute approximate surface area is 185 Å². The second-order valence-electron chi connectivity index (χ2n) is 7.08. The fraction of sp³-hybridized carbons (Fsp3) is 0.0870. The van der Waals surface area contributed by atoms with Crippen molar-refractivity contribution in [1.29, 1.82) is 0 Å². The molecule has 164 valence electrons. The van der Waals surface area contributed by atoms with Crippen LogP contribution in [0.4, 0.5) is 0 Å². The molecule has 0 radical (unpaired) electrons. The molecule has 8 nitrogen and oxygen atoms in total. The average molecular weight is 453 g/mol. The molecular weight excluding hydrogens is 436 g/mol. The fourth-order valence-corrected chi connectivity index (χ4v) is 4.00. The summed E-state index contributed by atoms with van der Waals surface area (Å²) in [6, 6.07) is 8.55. The van der Waals surface area contributed by atoms with E-state index >= 15 is 0 Å². The van der Waals surface area contributed by atoms with E-state index in [2.05, 4.69) is 0 Å². The maximum atomic E-state index is 12.3. The summed E-state index contributed by atoms with van der Waals surface area (Å²) in [5.41, 5.74) is 0.225. The van der Waals surface area contributed by atoms with Gasteiger partial charge in [-0.05, 0) is 88.7 Å². The highest BCUT2D eigenvalue weighted by Crippen LogP contribution is 2.37. The molecule has 2 aromatic rings. The van der Waals surface area contributed by atoms with Crippen molar-refractivity contribution in [2.75, 3.05) is 0 Å². The SMILES string of the molecule is CC1=C/C(=C(/c2cc(C)c(O)c(C(=O)O)c2)c2ccccc2S(=O)[O-])C=C(C(=O)O)C1=O. The van der Waals surface area contributed by atoms with Gasteiger partial charge < -0.3 is 19.9 Å². The molecule has 0 aliphatic heterocycles. The number of hydrogen-bond acceptors (Lipinski definition) is 6. The van der Waals surface area contributed by atoms with Crippen LogP contribution in [0.25, 0.3) is 5.57 Å². The van der Waals surface area contributed by atoms with Crippen LogP contribution in [0.2, 0.25) is 0 Å². The van der Waals surface area contributed by atoms with Crippen LogP contribution in [0.1, 0.15) is 34.0 Å². The molecule has 32 heavy (non-hydrogen) atoms. The highest BCUT2D eigenvalue weighted by atomic mass is 32.2. The normalized spacial score (nSPS) is 16.2. The van der Waals surface area contributed by atoms with E-state index in [0.29, 0.717) is 0 Å². The lowest BCUT2D eigenvalue weighted by Gasteiger charge is -2.21. The maximum absolute atomic E-state index is 12.3. The third kappa shape index (κ3) is 4.16. The van der Waals surface area contributed by atoms with Gasteiger partial charge in [0.15, 0.2) is 5.78 Å². The number of aliphatic carboxylic acids is 1. The van der Waals surface area contributed by atoms with Gasteiger partial charge in [-0.15, -0.1) is 0 Å². The van der Waals surface area contributed by atoms with Gasteiger partial charge in [-0.2, -0.15) is 0 Å². The summed E-state index contributed by atoms with van der Waals surface area (Å²) in [5, 5.41) is 29.1. The quantitative estimate of drug-likeness (QED) is 0.461. The molecule has 2 aromatic carbocycles. The monoisotopic (exact) mass is 453 g/mol. The summed E-state index contributed by atoms with van der Waals surface area (Å²) in [5.74, 6) is -3.98. The predicted octanol–water partition coefficient (Wildman–Crippen LogP) is 2.98.